The van der Waals surface area contributed by atoms with Crippen molar-refractivity contribution in [3.05, 3.63) is 66.5 Å². The van der Waals surface area contributed by atoms with Crippen LogP contribution in [0.25, 0.3) is 21.9 Å². The van der Waals surface area contributed by atoms with Crippen LogP contribution < -0.4 is 10.1 Å². The van der Waals surface area contributed by atoms with Gasteiger partial charge in [0.25, 0.3) is 0 Å². The molecule has 2 aromatic heterocycles. The van der Waals surface area contributed by atoms with Crippen LogP contribution in [0.3, 0.4) is 0 Å². The molecule has 0 bridgehead atoms. The van der Waals surface area contributed by atoms with Crippen LogP contribution in [0.1, 0.15) is 12.1 Å². The number of carbonyl (C=O) groups is 1. The Bertz CT molecular complexity index is 1070. The van der Waals surface area contributed by atoms with E-state index in [-0.39, 0.29) is 12.3 Å². The van der Waals surface area contributed by atoms with E-state index in [2.05, 4.69) is 15.5 Å². The van der Waals surface area contributed by atoms with Gasteiger partial charge in [-0.1, -0.05) is 35.5 Å². The maximum Gasteiger partial charge on any atom is 0.226 e. The van der Waals surface area contributed by atoms with Gasteiger partial charge in [0, 0.05) is 23.5 Å². The zero-order valence-electron chi connectivity index (χ0n) is 14.7. The number of rotatable bonds is 7. The lowest BCUT2D eigenvalue weighted by atomic mass is 10.1. The van der Waals surface area contributed by atoms with E-state index in [9.17, 15) is 4.79 Å². The summed E-state index contributed by atoms with van der Waals surface area (Å²) >= 11 is 0. The standard InChI is InChI=1S/C21H19N3O3/c25-20(14-17-16-8-1-2-9-18(16)27-24-17)22-12-5-13-26-19-10-3-6-15-7-4-11-23-21(15)19/h1-4,6-11H,5,12-14H2,(H,22,25). The Morgan fingerprint density at radius 1 is 1.07 bits per heavy atom. The highest BCUT2D eigenvalue weighted by atomic mass is 16.5. The van der Waals surface area contributed by atoms with Crippen LogP contribution in [-0.2, 0) is 11.2 Å². The third-order valence-electron chi connectivity index (χ3n) is 4.28. The third-order valence-corrected chi connectivity index (χ3v) is 4.28. The summed E-state index contributed by atoms with van der Waals surface area (Å²) in [5.41, 5.74) is 2.19. The minimum atomic E-state index is -0.0825. The largest absolute Gasteiger partial charge is 0.491 e. The molecular weight excluding hydrogens is 342 g/mol. The smallest absolute Gasteiger partial charge is 0.226 e. The summed E-state index contributed by atoms with van der Waals surface area (Å²) in [4.78, 5) is 16.5. The molecule has 0 spiro atoms. The molecule has 27 heavy (non-hydrogen) atoms. The molecule has 0 radical (unpaired) electrons. The molecule has 0 aliphatic heterocycles. The number of carbonyl (C=O) groups excluding carboxylic acids is 1. The number of hydrogen-bond donors (Lipinski definition) is 1. The molecule has 0 aliphatic rings. The summed E-state index contributed by atoms with van der Waals surface area (Å²) < 4.78 is 11.0. The zero-order chi connectivity index (χ0) is 18.5. The number of ether oxygens (including phenoxy) is 1. The van der Waals surface area contributed by atoms with Gasteiger partial charge >= 0.3 is 0 Å². The van der Waals surface area contributed by atoms with Crippen LogP contribution in [0.15, 0.2) is 65.3 Å². The molecule has 0 fully saturated rings. The van der Waals surface area contributed by atoms with Crippen LogP contribution in [0.2, 0.25) is 0 Å². The molecule has 136 valence electrons. The van der Waals surface area contributed by atoms with Gasteiger partial charge in [-0.3, -0.25) is 9.78 Å². The first-order chi connectivity index (χ1) is 13.3. The van der Waals surface area contributed by atoms with E-state index < -0.39 is 0 Å². The van der Waals surface area contributed by atoms with Crippen molar-refractivity contribution in [3.8, 4) is 5.75 Å². The molecule has 6 nitrogen and oxygen atoms in total. The second-order valence-corrected chi connectivity index (χ2v) is 6.19. The van der Waals surface area contributed by atoms with Crippen molar-refractivity contribution < 1.29 is 14.1 Å². The number of para-hydroxylation sites is 2. The highest BCUT2D eigenvalue weighted by Crippen LogP contribution is 2.23. The fraction of sp³-hybridized carbons (Fsp3) is 0.190. The summed E-state index contributed by atoms with van der Waals surface area (Å²) in [7, 11) is 0. The molecule has 0 aliphatic carbocycles. The fourth-order valence-electron chi connectivity index (χ4n) is 2.95. The Balaban J connectivity index is 1.25. The highest BCUT2D eigenvalue weighted by Gasteiger charge is 2.11. The molecule has 1 N–H and O–H groups in total. The van der Waals surface area contributed by atoms with Crippen molar-refractivity contribution in [2.75, 3.05) is 13.2 Å². The Kier molecular flexibility index (Phi) is 4.96. The Morgan fingerprint density at radius 2 is 1.96 bits per heavy atom. The molecule has 4 aromatic rings. The number of nitrogens with zero attached hydrogens (tertiary/aromatic N) is 2. The summed E-state index contributed by atoms with van der Waals surface area (Å²) in [5, 5.41) is 8.79. The van der Waals surface area contributed by atoms with Crippen molar-refractivity contribution in [2.45, 2.75) is 12.8 Å². The fourth-order valence-corrected chi connectivity index (χ4v) is 2.95. The molecule has 0 saturated heterocycles. The highest BCUT2D eigenvalue weighted by molar-refractivity contribution is 5.86. The number of pyridine rings is 1. The lowest BCUT2D eigenvalue weighted by molar-refractivity contribution is -0.120. The van der Waals surface area contributed by atoms with Gasteiger partial charge in [0.2, 0.25) is 5.91 Å². The molecule has 2 heterocycles. The normalized spacial score (nSPS) is 11.0. The zero-order valence-corrected chi connectivity index (χ0v) is 14.7. The first-order valence-electron chi connectivity index (χ1n) is 8.88. The van der Waals surface area contributed by atoms with Gasteiger partial charge in [0.15, 0.2) is 5.58 Å². The molecule has 0 atom stereocenters. The van der Waals surface area contributed by atoms with Crippen molar-refractivity contribution in [1.29, 1.82) is 0 Å². The first-order valence-corrected chi connectivity index (χ1v) is 8.88. The molecule has 0 unspecified atom stereocenters. The monoisotopic (exact) mass is 361 g/mol. The molecule has 6 heteroatoms. The number of hydrogen-bond acceptors (Lipinski definition) is 5. The average molecular weight is 361 g/mol. The summed E-state index contributed by atoms with van der Waals surface area (Å²) in [6.45, 7) is 1.04. The lowest BCUT2D eigenvalue weighted by Gasteiger charge is -2.09. The Morgan fingerprint density at radius 3 is 2.93 bits per heavy atom. The molecule has 4 rings (SSSR count). The van der Waals surface area contributed by atoms with Crippen LogP contribution in [-0.4, -0.2) is 29.2 Å². The summed E-state index contributed by atoms with van der Waals surface area (Å²) in [6, 6.07) is 17.3. The average Bonchev–Trinajstić information content (AvgIpc) is 3.11. The maximum atomic E-state index is 12.1. The Hall–Kier alpha value is -3.41. The van der Waals surface area contributed by atoms with E-state index >= 15 is 0 Å². The maximum absolute atomic E-state index is 12.1. The van der Waals surface area contributed by atoms with Crippen LogP contribution in [0.5, 0.6) is 5.75 Å². The van der Waals surface area contributed by atoms with Gasteiger partial charge < -0.3 is 14.6 Å². The topological polar surface area (TPSA) is 77.2 Å². The predicted octanol–water partition coefficient (Wildman–Crippen LogP) is 3.50. The third kappa shape index (κ3) is 3.89. The number of fused-ring (bicyclic) bond motifs is 2. The van der Waals surface area contributed by atoms with Crippen LogP contribution in [0.4, 0.5) is 0 Å². The minimum Gasteiger partial charge on any atom is -0.491 e. The van der Waals surface area contributed by atoms with Crippen molar-refractivity contribution in [1.82, 2.24) is 15.5 Å². The number of nitrogens with one attached hydrogen (secondary N) is 1. The lowest BCUT2D eigenvalue weighted by Crippen LogP contribution is -2.27. The minimum absolute atomic E-state index is 0.0825. The number of benzene rings is 2. The van der Waals surface area contributed by atoms with Gasteiger partial charge in [-0.15, -0.1) is 0 Å². The first kappa shape index (κ1) is 17.0. The van der Waals surface area contributed by atoms with Gasteiger partial charge in [0.05, 0.1) is 13.0 Å². The van der Waals surface area contributed by atoms with Gasteiger partial charge in [-0.2, -0.15) is 0 Å². The van der Waals surface area contributed by atoms with Gasteiger partial charge in [-0.05, 0) is 30.7 Å². The van der Waals surface area contributed by atoms with E-state index in [1.807, 2.05) is 54.6 Å². The van der Waals surface area contributed by atoms with Crippen molar-refractivity contribution >= 4 is 27.8 Å². The van der Waals surface area contributed by atoms with Crippen LogP contribution >= 0.6 is 0 Å². The van der Waals surface area contributed by atoms with Crippen molar-refractivity contribution in [3.63, 3.8) is 0 Å². The van der Waals surface area contributed by atoms with Crippen molar-refractivity contribution in [2.24, 2.45) is 0 Å². The quantitative estimate of drug-likeness (QED) is 0.510. The number of amides is 1. The molecule has 0 saturated carbocycles. The van der Waals surface area contributed by atoms with E-state index in [0.29, 0.717) is 30.8 Å². The molecular formula is C21H19N3O3. The Labute approximate surface area is 156 Å². The predicted molar refractivity (Wildman–Crippen MR) is 103 cm³/mol. The van der Waals surface area contributed by atoms with Gasteiger partial charge in [-0.25, -0.2) is 0 Å². The summed E-state index contributed by atoms with van der Waals surface area (Å²) in [5.74, 6) is 0.675. The molecule has 1 amide bonds. The SMILES string of the molecule is O=C(Cc1noc2ccccc12)NCCCOc1cccc2cccnc12. The molecule has 2 aromatic carbocycles. The van der Waals surface area contributed by atoms with Gasteiger partial charge in [0.1, 0.15) is 17.0 Å². The van der Waals surface area contributed by atoms with E-state index in [1.165, 1.54) is 0 Å². The van der Waals surface area contributed by atoms with E-state index in [4.69, 9.17) is 9.26 Å². The van der Waals surface area contributed by atoms with E-state index in [0.717, 1.165) is 22.0 Å². The van der Waals surface area contributed by atoms with Crippen LogP contribution in [0, 0.1) is 0 Å². The number of aromatic nitrogens is 2. The second-order valence-electron chi connectivity index (χ2n) is 6.19. The summed E-state index contributed by atoms with van der Waals surface area (Å²) in [6.07, 6.45) is 2.66. The van der Waals surface area contributed by atoms with E-state index in [1.54, 1.807) is 6.20 Å². The second kappa shape index (κ2) is 7.86.